The summed E-state index contributed by atoms with van der Waals surface area (Å²) in [5, 5.41) is 0. The van der Waals surface area contributed by atoms with Crippen LogP contribution < -0.4 is 0 Å². The summed E-state index contributed by atoms with van der Waals surface area (Å²) < 4.78 is 44.4. The summed E-state index contributed by atoms with van der Waals surface area (Å²) in [6.45, 7) is 3.42. The van der Waals surface area contributed by atoms with Crippen molar-refractivity contribution in [2.75, 3.05) is 0 Å². The molecule has 0 N–H and O–H groups in total. The van der Waals surface area contributed by atoms with Crippen LogP contribution in [0.2, 0.25) is 12.1 Å². The average Bonchev–Trinajstić information content (AvgIpc) is 2.65. The molecule has 1 heterocycles. The van der Waals surface area contributed by atoms with E-state index in [4.69, 9.17) is 0 Å². The predicted molar refractivity (Wildman–Crippen MR) is 38.4 cm³/mol. The van der Waals surface area contributed by atoms with Crippen molar-refractivity contribution in [3.63, 3.8) is 0 Å². The maximum absolute atomic E-state index is 11.7. The average molecular weight is 198 g/mol. The van der Waals surface area contributed by atoms with Crippen molar-refractivity contribution in [1.82, 2.24) is 0 Å². The molecule has 1 fully saturated rings. The number of hydrogen-bond donors (Lipinski definition) is 0. The highest BCUT2D eigenvalue weighted by molar-refractivity contribution is 6.72. The zero-order valence-corrected chi connectivity index (χ0v) is 7.36. The minimum atomic E-state index is -4.11. The van der Waals surface area contributed by atoms with E-state index in [1.165, 1.54) is 6.08 Å². The van der Waals surface area contributed by atoms with Gasteiger partial charge >= 0.3 is 14.7 Å². The first-order valence-corrected chi connectivity index (χ1v) is 5.75. The van der Waals surface area contributed by atoms with Crippen molar-refractivity contribution in [3.05, 3.63) is 12.7 Å². The second kappa shape index (κ2) is 3.19. The van der Waals surface area contributed by atoms with Crippen LogP contribution in [0, 0.1) is 0 Å². The lowest BCUT2D eigenvalue weighted by atomic mass is 10.5. The van der Waals surface area contributed by atoms with Gasteiger partial charge in [0.05, 0.1) is 0 Å². The molecule has 1 aliphatic heterocycles. The van der Waals surface area contributed by atoms with E-state index < -0.39 is 21.2 Å². The summed E-state index contributed by atoms with van der Waals surface area (Å²) >= 11 is 0. The topological polar surface area (TPSA) is 25.1 Å². The van der Waals surface area contributed by atoms with E-state index >= 15 is 0 Å². The Balaban J connectivity index is 2.27. The minimum Gasteiger partial charge on any atom is -0.256 e. The van der Waals surface area contributed by atoms with Gasteiger partial charge < -0.3 is 0 Å². The first kappa shape index (κ1) is 9.75. The Labute approximate surface area is 69.1 Å². The lowest BCUT2D eigenvalue weighted by Gasteiger charge is -2.05. The largest absolute Gasteiger partial charge is 0.410 e. The Bertz CT molecular complexity index is 176. The summed E-state index contributed by atoms with van der Waals surface area (Å²) in [5.74, 6) is 0. The number of alkyl halides is 3. The van der Waals surface area contributed by atoms with Crippen LogP contribution in [0.5, 0.6) is 0 Å². The summed E-state index contributed by atoms with van der Waals surface area (Å²) in [5.41, 5.74) is 0. The van der Waals surface area contributed by atoms with Gasteiger partial charge in [0, 0.05) is 18.5 Å². The van der Waals surface area contributed by atoms with Gasteiger partial charge in [-0.3, -0.25) is 9.15 Å². The fourth-order valence-corrected chi connectivity index (χ4v) is 2.95. The Kier molecular flexibility index (Phi) is 2.60. The standard InChI is InChI=1S/C6H9F3O2Si/c1-2-4-12(10-11-12)5-3-6(7,8)9/h2H,1,3-5H2. The van der Waals surface area contributed by atoms with E-state index in [9.17, 15) is 13.2 Å². The van der Waals surface area contributed by atoms with Crippen molar-refractivity contribution < 1.29 is 22.3 Å². The van der Waals surface area contributed by atoms with Crippen molar-refractivity contribution in [1.29, 1.82) is 0 Å². The Morgan fingerprint density at radius 1 is 1.33 bits per heavy atom. The van der Waals surface area contributed by atoms with Gasteiger partial charge in [0.2, 0.25) is 0 Å². The van der Waals surface area contributed by atoms with Gasteiger partial charge in [-0.1, -0.05) is 6.08 Å². The SMILES string of the molecule is C=CC[Si]1(CCC(F)(F)F)OO1. The fraction of sp³-hybridized carbons (Fsp3) is 0.667. The van der Waals surface area contributed by atoms with Gasteiger partial charge in [0.1, 0.15) is 0 Å². The van der Waals surface area contributed by atoms with E-state index in [1.807, 2.05) is 0 Å². The molecule has 1 saturated heterocycles. The van der Waals surface area contributed by atoms with Crippen LogP contribution in [0.4, 0.5) is 13.2 Å². The maximum Gasteiger partial charge on any atom is 0.410 e. The van der Waals surface area contributed by atoms with Crippen molar-refractivity contribution in [2.45, 2.75) is 24.7 Å². The van der Waals surface area contributed by atoms with Crippen molar-refractivity contribution in [3.8, 4) is 0 Å². The quantitative estimate of drug-likeness (QED) is 0.300. The molecule has 0 bridgehead atoms. The molecule has 12 heavy (non-hydrogen) atoms. The molecule has 0 aromatic carbocycles. The molecule has 70 valence electrons. The molecule has 0 amide bonds. The first-order chi connectivity index (χ1) is 5.47. The molecule has 6 heteroatoms. The van der Waals surface area contributed by atoms with Crippen LogP contribution >= 0.6 is 0 Å². The molecule has 0 aliphatic carbocycles. The molecule has 0 unspecified atom stereocenters. The molecule has 1 aliphatic rings. The smallest absolute Gasteiger partial charge is 0.256 e. The first-order valence-electron chi connectivity index (χ1n) is 3.52. The van der Waals surface area contributed by atoms with Gasteiger partial charge in [-0.25, -0.2) is 0 Å². The van der Waals surface area contributed by atoms with Gasteiger partial charge in [0.15, 0.2) is 0 Å². The normalized spacial score (nSPS) is 20.6. The summed E-state index contributed by atoms with van der Waals surface area (Å²) in [4.78, 5) is 0. The molecular weight excluding hydrogens is 189 g/mol. The van der Waals surface area contributed by atoms with Crippen LogP contribution in [0.1, 0.15) is 6.42 Å². The maximum atomic E-state index is 11.7. The number of allylic oxidation sites excluding steroid dienone is 1. The second-order valence-corrected chi connectivity index (χ2v) is 5.75. The van der Waals surface area contributed by atoms with E-state index in [0.717, 1.165) is 0 Å². The minimum absolute atomic E-state index is 0.0253. The molecule has 0 atom stereocenters. The zero-order chi connectivity index (χ0) is 9.24. The van der Waals surface area contributed by atoms with E-state index in [-0.39, 0.29) is 6.04 Å². The second-order valence-electron chi connectivity index (χ2n) is 2.69. The highest BCUT2D eigenvalue weighted by atomic mass is 28.4. The van der Waals surface area contributed by atoms with Gasteiger partial charge in [-0.2, -0.15) is 13.2 Å². The van der Waals surface area contributed by atoms with E-state index in [0.29, 0.717) is 6.04 Å². The van der Waals surface area contributed by atoms with Crippen molar-refractivity contribution >= 4 is 8.56 Å². The molecule has 2 nitrogen and oxygen atoms in total. The summed E-state index contributed by atoms with van der Waals surface area (Å²) in [6.07, 6.45) is -3.40. The molecule has 0 spiro atoms. The van der Waals surface area contributed by atoms with Crippen LogP contribution in [0.3, 0.4) is 0 Å². The number of halogens is 3. The van der Waals surface area contributed by atoms with Gasteiger partial charge in [-0.05, 0) is 0 Å². The Morgan fingerprint density at radius 3 is 2.25 bits per heavy atom. The highest BCUT2D eigenvalue weighted by Crippen LogP contribution is 2.37. The molecule has 0 saturated carbocycles. The third-order valence-electron chi connectivity index (χ3n) is 1.56. The molecule has 1 rings (SSSR count). The third-order valence-corrected chi connectivity index (χ3v) is 4.12. The lowest BCUT2D eigenvalue weighted by Crippen LogP contribution is -2.19. The van der Waals surface area contributed by atoms with Gasteiger partial charge in [-0.15, -0.1) is 6.58 Å². The fourth-order valence-electron chi connectivity index (χ4n) is 0.864. The third kappa shape index (κ3) is 2.96. The van der Waals surface area contributed by atoms with Crippen LogP contribution in [-0.2, 0) is 9.15 Å². The number of rotatable bonds is 4. The monoisotopic (exact) mass is 198 g/mol. The molecule has 0 aromatic heterocycles. The molecule has 0 aromatic rings. The number of hydrogen-bond acceptors (Lipinski definition) is 2. The zero-order valence-electron chi connectivity index (χ0n) is 6.36. The van der Waals surface area contributed by atoms with Crippen LogP contribution in [0.15, 0.2) is 12.7 Å². The van der Waals surface area contributed by atoms with E-state index in [1.54, 1.807) is 0 Å². The predicted octanol–water partition coefficient (Wildman–Crippen LogP) is 2.53. The Hall–Kier alpha value is -0.333. The van der Waals surface area contributed by atoms with Crippen LogP contribution in [0.25, 0.3) is 0 Å². The van der Waals surface area contributed by atoms with Crippen LogP contribution in [-0.4, -0.2) is 14.7 Å². The Morgan fingerprint density at radius 2 is 1.92 bits per heavy atom. The molecular formula is C6H9F3O2Si. The van der Waals surface area contributed by atoms with Crippen molar-refractivity contribution in [2.24, 2.45) is 0 Å². The van der Waals surface area contributed by atoms with E-state index in [2.05, 4.69) is 15.7 Å². The molecule has 0 radical (unpaired) electrons. The lowest BCUT2D eigenvalue weighted by molar-refractivity contribution is -0.130. The highest BCUT2D eigenvalue weighted by Gasteiger charge is 2.54. The summed E-state index contributed by atoms with van der Waals surface area (Å²) in [6, 6.07) is 0.408. The van der Waals surface area contributed by atoms with Gasteiger partial charge in [0.25, 0.3) is 0 Å². The summed E-state index contributed by atoms with van der Waals surface area (Å²) in [7, 11) is -2.40.